The zero-order chi connectivity index (χ0) is 16.2. The third-order valence-electron chi connectivity index (χ3n) is 4.50. The summed E-state index contributed by atoms with van der Waals surface area (Å²) in [6.45, 7) is 0.639. The predicted octanol–water partition coefficient (Wildman–Crippen LogP) is 1.56. The highest BCUT2D eigenvalue weighted by molar-refractivity contribution is 5.77. The summed E-state index contributed by atoms with van der Waals surface area (Å²) < 4.78 is 1.75. The van der Waals surface area contributed by atoms with Crippen LogP contribution in [0.4, 0.5) is 0 Å². The van der Waals surface area contributed by atoms with E-state index in [4.69, 9.17) is 0 Å². The molecule has 2 atom stereocenters. The van der Waals surface area contributed by atoms with Crippen LogP contribution in [0, 0.1) is 0 Å². The molecular formula is C18H23N3O2. The number of rotatable bonds is 5. The highest BCUT2D eigenvalue weighted by Crippen LogP contribution is 2.23. The van der Waals surface area contributed by atoms with Crippen molar-refractivity contribution in [1.82, 2.24) is 14.7 Å². The van der Waals surface area contributed by atoms with E-state index in [2.05, 4.69) is 5.10 Å². The lowest BCUT2D eigenvalue weighted by molar-refractivity contribution is -0.132. The van der Waals surface area contributed by atoms with Crippen LogP contribution in [0.5, 0.6) is 0 Å². The van der Waals surface area contributed by atoms with Crippen LogP contribution >= 0.6 is 0 Å². The van der Waals surface area contributed by atoms with Crippen LogP contribution < -0.4 is 0 Å². The summed E-state index contributed by atoms with van der Waals surface area (Å²) in [7, 11) is 1.87. The first-order valence-corrected chi connectivity index (χ1v) is 8.12. The van der Waals surface area contributed by atoms with Gasteiger partial charge in [-0.15, -0.1) is 0 Å². The van der Waals surface area contributed by atoms with E-state index in [0.717, 1.165) is 12.0 Å². The van der Waals surface area contributed by atoms with Gasteiger partial charge in [-0.2, -0.15) is 5.10 Å². The van der Waals surface area contributed by atoms with Gasteiger partial charge in [-0.05, 0) is 30.4 Å². The van der Waals surface area contributed by atoms with Gasteiger partial charge in [0.15, 0.2) is 0 Å². The number of hydrogen-bond acceptors (Lipinski definition) is 3. The summed E-state index contributed by atoms with van der Waals surface area (Å²) in [4.78, 5) is 14.4. The number of benzene rings is 1. The van der Waals surface area contributed by atoms with Crippen molar-refractivity contribution in [1.29, 1.82) is 0 Å². The molecule has 2 heterocycles. The van der Waals surface area contributed by atoms with Crippen molar-refractivity contribution in [3.63, 3.8) is 0 Å². The molecule has 1 fully saturated rings. The van der Waals surface area contributed by atoms with Crippen molar-refractivity contribution in [3.8, 4) is 0 Å². The molecule has 0 aliphatic carbocycles. The minimum atomic E-state index is -0.448. The van der Waals surface area contributed by atoms with E-state index < -0.39 is 6.10 Å². The smallest absolute Gasteiger partial charge is 0.223 e. The minimum absolute atomic E-state index is 0.124. The number of amides is 1. The number of carbonyl (C=O) groups is 1. The maximum Gasteiger partial charge on any atom is 0.223 e. The Morgan fingerprint density at radius 1 is 1.30 bits per heavy atom. The molecule has 0 bridgehead atoms. The first-order valence-electron chi connectivity index (χ1n) is 8.12. The Balaban J connectivity index is 1.61. The van der Waals surface area contributed by atoms with Crippen LogP contribution in [-0.4, -0.2) is 44.4 Å². The SMILES string of the molecule is Cn1cc(C[C@H]2[C@H](O)CCN2C(=O)CCc2ccccc2)cn1. The van der Waals surface area contributed by atoms with Crippen molar-refractivity contribution in [2.45, 2.75) is 37.8 Å². The van der Waals surface area contributed by atoms with Gasteiger partial charge in [0.25, 0.3) is 0 Å². The fourth-order valence-electron chi connectivity index (χ4n) is 3.25. The molecule has 1 aliphatic rings. The van der Waals surface area contributed by atoms with Crippen molar-refractivity contribution in [2.75, 3.05) is 6.54 Å². The average Bonchev–Trinajstić information content (AvgIpc) is 3.13. The van der Waals surface area contributed by atoms with Crippen LogP contribution in [0.15, 0.2) is 42.7 Å². The monoisotopic (exact) mass is 313 g/mol. The number of nitrogens with zero attached hydrogens (tertiary/aromatic N) is 3. The summed E-state index contributed by atoms with van der Waals surface area (Å²) in [5.74, 6) is 0.124. The molecule has 1 N–H and O–H groups in total. The molecule has 1 amide bonds. The second kappa shape index (κ2) is 6.96. The lowest BCUT2D eigenvalue weighted by Gasteiger charge is -2.26. The number of aryl methyl sites for hydroxylation is 2. The minimum Gasteiger partial charge on any atom is -0.391 e. The van der Waals surface area contributed by atoms with Gasteiger partial charge < -0.3 is 10.0 Å². The quantitative estimate of drug-likeness (QED) is 0.911. The Hall–Kier alpha value is -2.14. The Labute approximate surface area is 136 Å². The van der Waals surface area contributed by atoms with E-state index in [9.17, 15) is 9.90 Å². The molecule has 0 spiro atoms. The second-order valence-electron chi connectivity index (χ2n) is 6.22. The van der Waals surface area contributed by atoms with Crippen LogP contribution in [0.2, 0.25) is 0 Å². The van der Waals surface area contributed by atoms with E-state index in [1.54, 1.807) is 10.9 Å². The third kappa shape index (κ3) is 3.79. The Bertz CT molecular complexity index is 653. The van der Waals surface area contributed by atoms with Gasteiger partial charge >= 0.3 is 0 Å². The molecule has 5 heteroatoms. The van der Waals surface area contributed by atoms with Gasteiger partial charge in [0.2, 0.25) is 5.91 Å². The maximum absolute atomic E-state index is 12.6. The fraction of sp³-hybridized carbons (Fsp3) is 0.444. The average molecular weight is 313 g/mol. The molecule has 1 aliphatic heterocycles. The summed E-state index contributed by atoms with van der Waals surface area (Å²) in [6.07, 6.45) is 5.84. The number of carbonyl (C=O) groups excluding carboxylic acids is 1. The van der Waals surface area contributed by atoms with Crippen molar-refractivity contribution in [2.24, 2.45) is 7.05 Å². The summed E-state index contributed by atoms with van der Waals surface area (Å²) in [5.41, 5.74) is 2.23. The Morgan fingerprint density at radius 2 is 2.09 bits per heavy atom. The van der Waals surface area contributed by atoms with Crippen molar-refractivity contribution in [3.05, 3.63) is 53.9 Å². The van der Waals surface area contributed by atoms with Gasteiger partial charge in [0.1, 0.15) is 0 Å². The number of aliphatic hydroxyl groups excluding tert-OH is 1. The molecule has 0 radical (unpaired) electrons. The molecular weight excluding hydrogens is 290 g/mol. The van der Waals surface area contributed by atoms with Gasteiger partial charge in [0.05, 0.1) is 18.3 Å². The number of aromatic nitrogens is 2. The molecule has 23 heavy (non-hydrogen) atoms. The number of hydrogen-bond donors (Lipinski definition) is 1. The van der Waals surface area contributed by atoms with E-state index in [1.165, 1.54) is 5.56 Å². The largest absolute Gasteiger partial charge is 0.391 e. The topological polar surface area (TPSA) is 58.4 Å². The molecule has 5 nitrogen and oxygen atoms in total. The molecule has 2 aromatic rings. The highest BCUT2D eigenvalue weighted by Gasteiger charge is 2.35. The van der Waals surface area contributed by atoms with E-state index in [1.807, 2.05) is 48.5 Å². The first-order chi connectivity index (χ1) is 11.1. The van der Waals surface area contributed by atoms with Crippen molar-refractivity contribution >= 4 is 5.91 Å². The van der Waals surface area contributed by atoms with Gasteiger partial charge in [-0.1, -0.05) is 30.3 Å². The summed E-state index contributed by atoms with van der Waals surface area (Å²) >= 11 is 0. The lowest BCUT2D eigenvalue weighted by atomic mass is 10.0. The Kier molecular flexibility index (Phi) is 4.76. The van der Waals surface area contributed by atoms with Crippen LogP contribution in [0.25, 0.3) is 0 Å². The Morgan fingerprint density at radius 3 is 2.78 bits per heavy atom. The molecule has 1 aromatic carbocycles. The molecule has 0 saturated carbocycles. The lowest BCUT2D eigenvalue weighted by Crippen LogP contribution is -2.41. The molecule has 3 rings (SSSR count). The normalized spacial score (nSPS) is 20.9. The van der Waals surface area contributed by atoms with E-state index >= 15 is 0 Å². The molecule has 122 valence electrons. The van der Waals surface area contributed by atoms with E-state index in [-0.39, 0.29) is 11.9 Å². The van der Waals surface area contributed by atoms with Crippen LogP contribution in [0.1, 0.15) is 24.0 Å². The van der Waals surface area contributed by atoms with Gasteiger partial charge in [0, 0.05) is 26.2 Å². The zero-order valence-corrected chi connectivity index (χ0v) is 13.4. The van der Waals surface area contributed by atoms with Gasteiger partial charge in [-0.3, -0.25) is 9.48 Å². The standard InChI is InChI=1S/C18H23N3O2/c1-20-13-15(12-19-20)11-16-17(22)9-10-21(16)18(23)8-7-14-5-3-2-4-6-14/h2-6,12-13,16-17,22H,7-11H2,1H3/t16-,17+/m0/s1. The molecule has 1 saturated heterocycles. The van der Waals surface area contributed by atoms with Crippen LogP contribution in [0.3, 0.4) is 0 Å². The summed E-state index contributed by atoms with van der Waals surface area (Å²) in [5, 5.41) is 14.4. The number of aliphatic hydroxyl groups is 1. The maximum atomic E-state index is 12.6. The first kappa shape index (κ1) is 15.7. The zero-order valence-electron chi connectivity index (χ0n) is 13.4. The van der Waals surface area contributed by atoms with Crippen molar-refractivity contribution < 1.29 is 9.90 Å². The highest BCUT2D eigenvalue weighted by atomic mass is 16.3. The molecule has 1 aromatic heterocycles. The van der Waals surface area contributed by atoms with Gasteiger partial charge in [-0.25, -0.2) is 0 Å². The molecule has 0 unspecified atom stereocenters. The second-order valence-corrected chi connectivity index (χ2v) is 6.22. The summed E-state index contributed by atoms with van der Waals surface area (Å²) in [6, 6.07) is 9.90. The third-order valence-corrected chi connectivity index (χ3v) is 4.50. The van der Waals surface area contributed by atoms with Crippen LogP contribution in [-0.2, 0) is 24.7 Å². The fourth-order valence-corrected chi connectivity index (χ4v) is 3.25. The van der Waals surface area contributed by atoms with E-state index in [0.29, 0.717) is 25.8 Å². The number of likely N-dealkylation sites (tertiary alicyclic amines) is 1. The predicted molar refractivity (Wildman–Crippen MR) is 87.8 cm³/mol.